The van der Waals surface area contributed by atoms with Gasteiger partial charge in [0.25, 0.3) is 0 Å². The predicted octanol–water partition coefficient (Wildman–Crippen LogP) is 4.15. The average Bonchev–Trinajstić information content (AvgIpc) is 2.49. The maximum atomic E-state index is 5.96. The van der Waals surface area contributed by atoms with E-state index in [0.29, 0.717) is 0 Å². The van der Waals surface area contributed by atoms with E-state index in [1.54, 1.807) is 0 Å². The van der Waals surface area contributed by atoms with Crippen molar-refractivity contribution in [1.29, 1.82) is 0 Å². The fourth-order valence-corrected chi connectivity index (χ4v) is 2.70. The molecule has 1 aromatic rings. The second-order valence-electron chi connectivity index (χ2n) is 5.41. The third-order valence-electron chi connectivity index (χ3n) is 3.93. The molecule has 20 heavy (non-hydrogen) atoms. The van der Waals surface area contributed by atoms with Crippen LogP contribution in [0.15, 0.2) is 25.3 Å². The molecule has 0 unspecified atom stereocenters. The van der Waals surface area contributed by atoms with E-state index in [0.717, 1.165) is 35.6 Å². The van der Waals surface area contributed by atoms with Crippen molar-refractivity contribution in [3.05, 3.63) is 42.0 Å². The van der Waals surface area contributed by atoms with Gasteiger partial charge in [0, 0.05) is 6.54 Å². The first-order chi connectivity index (χ1) is 9.74. The topological polar surface area (TPSA) is 12.5 Å². The number of nitrogens with zero attached hydrogens (tertiary/aromatic N) is 1. The van der Waals surface area contributed by atoms with E-state index >= 15 is 0 Å². The van der Waals surface area contributed by atoms with Crippen molar-refractivity contribution < 1.29 is 4.74 Å². The molecule has 1 aromatic carbocycles. The van der Waals surface area contributed by atoms with Crippen molar-refractivity contribution >= 4 is 12.2 Å². The monoisotopic (exact) mass is 271 g/mol. The maximum Gasteiger partial charge on any atom is 0.122 e. The first-order valence-corrected chi connectivity index (χ1v) is 7.49. The minimum absolute atomic E-state index is 0.755. The van der Waals surface area contributed by atoms with Crippen LogP contribution in [0.25, 0.3) is 12.2 Å². The Hall–Kier alpha value is -1.54. The van der Waals surface area contributed by atoms with E-state index in [1.807, 2.05) is 12.2 Å². The molecule has 0 amide bonds. The molecule has 0 atom stereocenters. The summed E-state index contributed by atoms with van der Waals surface area (Å²) < 4.78 is 5.96. The molecule has 0 spiro atoms. The highest BCUT2D eigenvalue weighted by atomic mass is 16.5. The van der Waals surface area contributed by atoms with E-state index in [4.69, 9.17) is 4.74 Å². The summed E-state index contributed by atoms with van der Waals surface area (Å²) in [5.74, 6) is 0.961. The second kappa shape index (κ2) is 7.30. The fraction of sp³-hybridized carbons (Fsp3) is 0.444. The van der Waals surface area contributed by atoms with Gasteiger partial charge >= 0.3 is 0 Å². The first kappa shape index (κ1) is 14.9. The largest absolute Gasteiger partial charge is 0.492 e. The maximum absolute atomic E-state index is 5.96. The van der Waals surface area contributed by atoms with E-state index in [9.17, 15) is 0 Å². The molecule has 0 N–H and O–H groups in total. The van der Waals surface area contributed by atoms with Gasteiger partial charge < -0.3 is 4.74 Å². The molecule has 1 fully saturated rings. The highest BCUT2D eigenvalue weighted by Gasteiger charge is 2.10. The molecule has 0 radical (unpaired) electrons. The van der Waals surface area contributed by atoms with Crippen LogP contribution >= 0.6 is 0 Å². The third kappa shape index (κ3) is 3.73. The van der Waals surface area contributed by atoms with Gasteiger partial charge in [-0.2, -0.15) is 0 Å². The standard InChI is InChI=1S/C18H25NO/c1-4-16-13-15(3)18(14-17(16)5-2)20-12-11-19-9-7-6-8-10-19/h4-5,13-14H,1-2,6-12H2,3H3. The van der Waals surface area contributed by atoms with Crippen molar-refractivity contribution in [2.75, 3.05) is 26.2 Å². The SMILES string of the molecule is C=Cc1cc(C)c(OCCN2CCCCC2)cc1C=C. The Morgan fingerprint density at radius 3 is 2.40 bits per heavy atom. The van der Waals surface area contributed by atoms with Gasteiger partial charge in [-0.15, -0.1) is 0 Å². The molecular formula is C18H25NO. The fourth-order valence-electron chi connectivity index (χ4n) is 2.70. The summed E-state index contributed by atoms with van der Waals surface area (Å²) in [6, 6.07) is 4.18. The number of ether oxygens (including phenoxy) is 1. The zero-order valence-corrected chi connectivity index (χ0v) is 12.5. The smallest absolute Gasteiger partial charge is 0.122 e. The molecule has 0 bridgehead atoms. The van der Waals surface area contributed by atoms with Crippen molar-refractivity contribution in [2.24, 2.45) is 0 Å². The normalized spacial score (nSPS) is 15.8. The van der Waals surface area contributed by atoms with E-state index in [-0.39, 0.29) is 0 Å². The van der Waals surface area contributed by atoms with Crippen LogP contribution in [-0.4, -0.2) is 31.1 Å². The number of rotatable bonds is 6. The molecule has 1 aliphatic heterocycles. The average molecular weight is 271 g/mol. The molecular weight excluding hydrogens is 246 g/mol. The summed E-state index contributed by atoms with van der Waals surface area (Å²) in [4.78, 5) is 2.49. The Labute approximate surface area is 122 Å². The van der Waals surface area contributed by atoms with Crippen LogP contribution in [0.5, 0.6) is 5.75 Å². The summed E-state index contributed by atoms with van der Waals surface area (Å²) in [7, 11) is 0. The van der Waals surface area contributed by atoms with Gasteiger partial charge in [0.1, 0.15) is 12.4 Å². The summed E-state index contributed by atoms with van der Waals surface area (Å²) in [6.45, 7) is 14.0. The van der Waals surface area contributed by atoms with Crippen LogP contribution in [0.4, 0.5) is 0 Å². The predicted molar refractivity (Wildman–Crippen MR) is 87.1 cm³/mol. The van der Waals surface area contributed by atoms with Crippen molar-refractivity contribution in [3.8, 4) is 5.75 Å². The highest BCUT2D eigenvalue weighted by Crippen LogP contribution is 2.25. The molecule has 2 nitrogen and oxygen atoms in total. The lowest BCUT2D eigenvalue weighted by Crippen LogP contribution is -2.33. The molecule has 0 aliphatic carbocycles. The number of hydrogen-bond acceptors (Lipinski definition) is 2. The van der Waals surface area contributed by atoms with Gasteiger partial charge in [0.2, 0.25) is 0 Å². The van der Waals surface area contributed by atoms with Crippen LogP contribution in [0, 0.1) is 6.92 Å². The van der Waals surface area contributed by atoms with Crippen LogP contribution in [0.2, 0.25) is 0 Å². The number of hydrogen-bond donors (Lipinski definition) is 0. The van der Waals surface area contributed by atoms with Gasteiger partial charge in [-0.05, 0) is 61.7 Å². The molecule has 2 rings (SSSR count). The second-order valence-corrected chi connectivity index (χ2v) is 5.41. The molecule has 1 heterocycles. The van der Waals surface area contributed by atoms with Crippen LogP contribution in [0.1, 0.15) is 36.0 Å². The van der Waals surface area contributed by atoms with Gasteiger partial charge in [0.05, 0.1) is 0 Å². The van der Waals surface area contributed by atoms with Gasteiger partial charge in [0.15, 0.2) is 0 Å². The zero-order chi connectivity index (χ0) is 14.4. The molecule has 2 heteroatoms. The Balaban J connectivity index is 1.94. The van der Waals surface area contributed by atoms with Crippen LogP contribution in [0.3, 0.4) is 0 Å². The zero-order valence-electron chi connectivity index (χ0n) is 12.5. The minimum Gasteiger partial charge on any atom is -0.492 e. The summed E-state index contributed by atoms with van der Waals surface area (Å²) in [5, 5.41) is 0. The summed E-state index contributed by atoms with van der Waals surface area (Å²) in [5.41, 5.74) is 3.35. The van der Waals surface area contributed by atoms with Gasteiger partial charge in [-0.1, -0.05) is 31.7 Å². The first-order valence-electron chi connectivity index (χ1n) is 7.49. The molecule has 0 saturated carbocycles. The van der Waals surface area contributed by atoms with Gasteiger partial charge in [-0.3, -0.25) is 4.90 Å². The van der Waals surface area contributed by atoms with E-state index in [2.05, 4.69) is 37.1 Å². The van der Waals surface area contributed by atoms with Crippen molar-refractivity contribution in [1.82, 2.24) is 4.90 Å². The quantitative estimate of drug-likeness (QED) is 0.771. The molecule has 0 aromatic heterocycles. The molecule has 108 valence electrons. The lowest BCUT2D eigenvalue weighted by molar-refractivity contribution is 0.183. The lowest BCUT2D eigenvalue weighted by atomic mass is 10.0. The Kier molecular flexibility index (Phi) is 5.42. The Morgan fingerprint density at radius 1 is 1.10 bits per heavy atom. The molecule has 1 saturated heterocycles. The summed E-state index contributed by atoms with van der Waals surface area (Å²) >= 11 is 0. The van der Waals surface area contributed by atoms with E-state index in [1.165, 1.54) is 32.4 Å². The Bertz CT molecular complexity index is 473. The molecule has 1 aliphatic rings. The number of benzene rings is 1. The highest BCUT2D eigenvalue weighted by molar-refractivity contribution is 5.66. The Morgan fingerprint density at radius 2 is 1.75 bits per heavy atom. The number of likely N-dealkylation sites (tertiary alicyclic amines) is 1. The minimum atomic E-state index is 0.755. The van der Waals surface area contributed by atoms with Crippen molar-refractivity contribution in [2.45, 2.75) is 26.2 Å². The van der Waals surface area contributed by atoms with Crippen LogP contribution < -0.4 is 4.74 Å². The lowest BCUT2D eigenvalue weighted by Gasteiger charge is -2.26. The van der Waals surface area contributed by atoms with Crippen molar-refractivity contribution in [3.63, 3.8) is 0 Å². The third-order valence-corrected chi connectivity index (χ3v) is 3.93. The number of piperidine rings is 1. The number of aryl methyl sites for hydroxylation is 1. The van der Waals surface area contributed by atoms with Crippen LogP contribution in [-0.2, 0) is 0 Å². The van der Waals surface area contributed by atoms with E-state index < -0.39 is 0 Å². The summed E-state index contributed by atoms with van der Waals surface area (Å²) in [6.07, 6.45) is 7.75. The van der Waals surface area contributed by atoms with Gasteiger partial charge in [-0.25, -0.2) is 0 Å².